The smallest absolute Gasteiger partial charge is 0.229 e. The summed E-state index contributed by atoms with van der Waals surface area (Å²) in [5.74, 6) is 0.140. The lowest BCUT2D eigenvalue weighted by Crippen LogP contribution is -2.60. The first-order valence-corrected chi connectivity index (χ1v) is 21.8. The number of carbonyl (C=O) groups excluding carboxylic acids is 2. The lowest BCUT2D eigenvalue weighted by atomic mass is 9.95. The van der Waals surface area contributed by atoms with Crippen molar-refractivity contribution in [1.82, 2.24) is 0 Å². The van der Waals surface area contributed by atoms with E-state index in [0.717, 1.165) is 21.9 Å². The Labute approximate surface area is 366 Å². The molecule has 4 aliphatic heterocycles. The lowest BCUT2D eigenvalue weighted by Gasteiger charge is -2.39. The molecule has 0 aliphatic carbocycles. The number of nitrogens with zero attached hydrogens (tertiary/aromatic N) is 2. The van der Waals surface area contributed by atoms with Crippen molar-refractivity contribution in [1.29, 1.82) is 0 Å². The maximum atomic E-state index is 14.0. The van der Waals surface area contributed by atoms with Gasteiger partial charge in [0, 0.05) is 72.4 Å². The molecule has 4 aromatic carbocycles. The number of anilines is 2. The van der Waals surface area contributed by atoms with Gasteiger partial charge in [0.15, 0.2) is 0 Å². The molecule has 2 amide bonds. The number of hydrogen-bond acceptors (Lipinski definition) is 14. The van der Waals surface area contributed by atoms with E-state index in [4.69, 9.17) is 42.1 Å². The van der Waals surface area contributed by atoms with Gasteiger partial charge < -0.3 is 69.6 Å². The standard InChI is InChI=1S/C44H50Cl2N2O14/c45-15-21-17-47(27-13-29(23-7-1-3-9-25(23)35(21)27)59-43-41(57)39(55)37(53)31(19-49)61-43)33(51)11-5-6-12-34(52)48-18-22(16-46)36-26-10-4-2-8-24(26)30(14-28(36)48)60-44-42(58)40(56)38(54)32(20-50)62-44/h1-4,7-10,13-14,21-22,31-32,37-44,49-50,53-58H,5-6,11-12,15-20H2/t21-,22-,31?,32?,37+,38+,39?,40?,41?,42?,43-,44-/m1/s1. The van der Waals surface area contributed by atoms with E-state index in [1.54, 1.807) is 34.1 Å². The van der Waals surface area contributed by atoms with Crippen LogP contribution in [0.2, 0.25) is 0 Å². The quantitative estimate of drug-likeness (QED) is 0.0708. The van der Waals surface area contributed by atoms with Crippen molar-refractivity contribution >= 4 is 67.9 Å². The van der Waals surface area contributed by atoms with E-state index in [9.17, 15) is 50.4 Å². The van der Waals surface area contributed by atoms with Crippen molar-refractivity contribution in [3.8, 4) is 11.5 Å². The number of hydrogen-bond donors (Lipinski definition) is 8. The monoisotopic (exact) mass is 900 g/mol. The maximum absolute atomic E-state index is 14.0. The van der Waals surface area contributed by atoms with Crippen molar-refractivity contribution < 1.29 is 69.4 Å². The van der Waals surface area contributed by atoms with E-state index >= 15 is 0 Å². The Hall–Kier alpha value is -3.88. The molecule has 8 rings (SSSR count). The zero-order valence-electron chi connectivity index (χ0n) is 33.5. The highest BCUT2D eigenvalue weighted by Crippen LogP contribution is 2.48. The number of carbonyl (C=O) groups is 2. The Morgan fingerprint density at radius 2 is 0.952 bits per heavy atom. The van der Waals surface area contributed by atoms with E-state index in [1.807, 2.05) is 36.4 Å². The van der Waals surface area contributed by atoms with Crippen LogP contribution in [0.15, 0.2) is 60.7 Å². The first-order valence-electron chi connectivity index (χ1n) is 20.7. The molecule has 2 saturated heterocycles. The van der Waals surface area contributed by atoms with Crippen LogP contribution in [0, 0.1) is 0 Å². The first-order chi connectivity index (χ1) is 29.9. The van der Waals surface area contributed by atoms with Crippen LogP contribution in [0.1, 0.15) is 48.6 Å². The van der Waals surface area contributed by atoms with E-state index < -0.39 is 74.6 Å². The molecule has 0 bridgehead atoms. The van der Waals surface area contributed by atoms with Crippen molar-refractivity contribution in [3.05, 3.63) is 71.8 Å². The van der Waals surface area contributed by atoms with Crippen molar-refractivity contribution in [2.24, 2.45) is 0 Å². The average molecular weight is 902 g/mol. The third-order valence-electron chi connectivity index (χ3n) is 12.4. The fraction of sp³-hybridized carbons (Fsp3) is 0.500. The Kier molecular flexibility index (Phi) is 13.5. The normalized spacial score (nSPS) is 30.7. The highest BCUT2D eigenvalue weighted by atomic mass is 35.5. The van der Waals surface area contributed by atoms with Crippen LogP contribution in [0.3, 0.4) is 0 Å². The Balaban J connectivity index is 0.977. The summed E-state index contributed by atoms with van der Waals surface area (Å²) in [4.78, 5) is 31.3. The minimum absolute atomic E-state index is 0.111. The number of fused-ring (bicyclic) bond motifs is 6. The topological polar surface area (TPSA) is 239 Å². The maximum Gasteiger partial charge on any atom is 0.229 e. The van der Waals surface area contributed by atoms with Gasteiger partial charge in [0.1, 0.15) is 60.3 Å². The predicted molar refractivity (Wildman–Crippen MR) is 227 cm³/mol. The predicted octanol–water partition coefficient (Wildman–Crippen LogP) is 1.95. The van der Waals surface area contributed by atoms with E-state index in [-0.39, 0.29) is 59.8 Å². The zero-order chi connectivity index (χ0) is 44.0. The summed E-state index contributed by atoms with van der Waals surface area (Å²) >= 11 is 13.0. The van der Waals surface area contributed by atoms with Gasteiger partial charge in [0.25, 0.3) is 0 Å². The van der Waals surface area contributed by atoms with Crippen molar-refractivity contribution in [2.45, 2.75) is 98.9 Å². The van der Waals surface area contributed by atoms with Crippen LogP contribution in [-0.4, -0.2) is 152 Å². The summed E-state index contributed by atoms with van der Waals surface area (Å²) in [6, 6.07) is 18.0. The molecule has 4 heterocycles. The summed E-state index contributed by atoms with van der Waals surface area (Å²) in [5, 5.41) is 85.1. The number of amides is 2. The molecule has 0 radical (unpaired) electrons. The number of ether oxygens (including phenoxy) is 4. The second-order valence-corrected chi connectivity index (χ2v) is 16.9. The summed E-state index contributed by atoms with van der Waals surface area (Å²) in [7, 11) is 0. The number of aliphatic hydroxyl groups excluding tert-OH is 8. The van der Waals surface area contributed by atoms with E-state index in [2.05, 4.69) is 0 Å². The van der Waals surface area contributed by atoms with Gasteiger partial charge in [-0.15, -0.1) is 23.2 Å². The molecule has 62 heavy (non-hydrogen) atoms. The SMILES string of the molecule is O=C(CCCCC(=O)N1C[C@@H](CCl)c2c1cc(O[C@@H]1OC(CO)[C@H](O)C(O)C1O)c1ccccc21)N1C[C@@H](CCl)c2c1cc(O[C@@H]1OC(CO)[C@H](O)C(O)C1O)c1ccccc21. The van der Waals surface area contributed by atoms with Gasteiger partial charge >= 0.3 is 0 Å². The molecule has 0 spiro atoms. The summed E-state index contributed by atoms with van der Waals surface area (Å²) < 4.78 is 23.5. The summed E-state index contributed by atoms with van der Waals surface area (Å²) in [6.45, 7) is -0.643. The van der Waals surface area contributed by atoms with Gasteiger partial charge in [-0.05, 0) is 34.7 Å². The summed E-state index contributed by atoms with van der Waals surface area (Å²) in [6.07, 6.45) is -13.9. The second kappa shape index (κ2) is 18.7. The number of alkyl halides is 2. The largest absolute Gasteiger partial charge is 0.461 e. The van der Waals surface area contributed by atoms with Crippen LogP contribution in [-0.2, 0) is 19.1 Å². The highest BCUT2D eigenvalue weighted by molar-refractivity contribution is 6.19. The zero-order valence-corrected chi connectivity index (χ0v) is 35.0. The van der Waals surface area contributed by atoms with Crippen LogP contribution in [0.5, 0.6) is 11.5 Å². The van der Waals surface area contributed by atoms with Gasteiger partial charge in [-0.25, -0.2) is 0 Å². The number of rotatable bonds is 13. The highest BCUT2D eigenvalue weighted by Gasteiger charge is 2.47. The van der Waals surface area contributed by atoms with Crippen molar-refractivity contribution in [2.75, 3.05) is 47.9 Å². The van der Waals surface area contributed by atoms with Crippen molar-refractivity contribution in [3.63, 3.8) is 0 Å². The first kappa shape index (κ1) is 44.7. The Morgan fingerprint density at radius 1 is 0.581 bits per heavy atom. The number of unbranched alkanes of at least 4 members (excludes halogenated alkanes) is 1. The van der Waals surface area contributed by atoms with E-state index in [1.165, 1.54) is 0 Å². The van der Waals surface area contributed by atoms with Crippen LogP contribution in [0.4, 0.5) is 11.4 Å². The van der Waals surface area contributed by atoms with Gasteiger partial charge in [-0.3, -0.25) is 9.59 Å². The number of aliphatic hydroxyl groups is 8. The molecule has 4 aromatic rings. The van der Waals surface area contributed by atoms with Gasteiger partial charge in [-0.2, -0.15) is 0 Å². The molecule has 6 unspecified atom stereocenters. The second-order valence-electron chi connectivity index (χ2n) is 16.3. The van der Waals surface area contributed by atoms with Gasteiger partial charge in [-0.1, -0.05) is 48.5 Å². The third kappa shape index (κ3) is 8.10. The molecule has 8 N–H and O–H groups in total. The number of benzene rings is 4. The molecule has 0 saturated carbocycles. The molecule has 4 aliphatic rings. The third-order valence-corrected chi connectivity index (χ3v) is 13.2. The average Bonchev–Trinajstić information content (AvgIpc) is 3.87. The fourth-order valence-corrected chi connectivity index (χ4v) is 9.65. The number of halogens is 2. The molecule has 334 valence electrons. The van der Waals surface area contributed by atoms with Crippen LogP contribution < -0.4 is 19.3 Å². The molecular formula is C44H50Cl2N2O14. The van der Waals surface area contributed by atoms with E-state index in [0.29, 0.717) is 48.1 Å². The Morgan fingerprint density at radius 3 is 1.31 bits per heavy atom. The molecule has 16 nitrogen and oxygen atoms in total. The van der Waals surface area contributed by atoms with Gasteiger partial charge in [0.2, 0.25) is 24.4 Å². The minimum Gasteiger partial charge on any atom is -0.461 e. The lowest BCUT2D eigenvalue weighted by molar-refractivity contribution is -0.277. The molecule has 12 atom stereocenters. The molecule has 18 heteroatoms. The van der Waals surface area contributed by atoms with Crippen LogP contribution in [0.25, 0.3) is 21.5 Å². The Bertz CT molecular complexity index is 2120. The minimum atomic E-state index is -1.64. The van der Waals surface area contributed by atoms with Gasteiger partial charge in [0.05, 0.1) is 24.6 Å². The molecule has 0 aromatic heterocycles. The van der Waals surface area contributed by atoms with Crippen LogP contribution >= 0.6 is 23.2 Å². The molecular weight excluding hydrogens is 851 g/mol. The summed E-state index contributed by atoms with van der Waals surface area (Å²) in [5.41, 5.74) is 2.82. The molecule has 2 fully saturated rings. The fourth-order valence-electron chi connectivity index (χ4n) is 9.15.